The van der Waals surface area contributed by atoms with E-state index in [9.17, 15) is 0 Å². The van der Waals surface area contributed by atoms with Gasteiger partial charge in [0, 0.05) is 5.02 Å². The van der Waals surface area contributed by atoms with Crippen molar-refractivity contribution in [2.45, 2.75) is 6.92 Å². The molecule has 0 bridgehead atoms. The quantitative estimate of drug-likeness (QED) is 0.739. The smallest absolute Gasteiger partial charge is 0.0659 e. The minimum absolute atomic E-state index is 0.756. The molecule has 16 heavy (non-hydrogen) atoms. The Morgan fingerprint density at radius 1 is 1.38 bits per heavy atom. The van der Waals surface area contributed by atoms with E-state index in [2.05, 4.69) is 5.10 Å². The number of aryl methyl sites for hydroxylation is 1. The number of rotatable bonds is 2. The Labute approximate surface area is 101 Å². The topological polar surface area (TPSA) is 24.8 Å². The van der Waals surface area contributed by atoms with Gasteiger partial charge in [0.2, 0.25) is 0 Å². The number of hydrogen-bond acceptors (Lipinski definition) is 3. The predicted octanol–water partition coefficient (Wildman–Crippen LogP) is 2.31. The summed E-state index contributed by atoms with van der Waals surface area (Å²) in [7, 11) is 0. The number of benzene rings is 1. The lowest BCUT2D eigenvalue weighted by atomic mass is 10.2. The number of morpholine rings is 1. The van der Waals surface area contributed by atoms with Gasteiger partial charge in [0.05, 0.1) is 32.5 Å². The summed E-state index contributed by atoms with van der Waals surface area (Å²) >= 11 is 6.04. The minimum Gasteiger partial charge on any atom is -0.378 e. The van der Waals surface area contributed by atoms with Gasteiger partial charge in [0.15, 0.2) is 0 Å². The van der Waals surface area contributed by atoms with Gasteiger partial charge >= 0.3 is 0 Å². The SMILES string of the molecule is Cc1ccc(C=NN2CCOCC2)cc1Cl. The molecule has 1 aliphatic heterocycles. The molecule has 0 spiro atoms. The summed E-state index contributed by atoms with van der Waals surface area (Å²) in [4.78, 5) is 0. The number of halogens is 1. The second-order valence-electron chi connectivity index (χ2n) is 3.82. The first-order valence-corrected chi connectivity index (χ1v) is 5.76. The number of hydrogen-bond donors (Lipinski definition) is 0. The average molecular weight is 239 g/mol. The molecule has 1 aliphatic rings. The summed E-state index contributed by atoms with van der Waals surface area (Å²) in [5.41, 5.74) is 2.12. The number of hydrazone groups is 1. The Morgan fingerprint density at radius 3 is 2.81 bits per heavy atom. The zero-order valence-electron chi connectivity index (χ0n) is 9.32. The van der Waals surface area contributed by atoms with Crippen LogP contribution in [-0.2, 0) is 4.74 Å². The number of nitrogens with zero attached hydrogens (tertiary/aromatic N) is 2. The average Bonchev–Trinajstić information content (AvgIpc) is 2.32. The molecule has 86 valence electrons. The summed E-state index contributed by atoms with van der Waals surface area (Å²) in [5, 5.41) is 7.19. The molecule has 0 aliphatic carbocycles. The van der Waals surface area contributed by atoms with Crippen LogP contribution >= 0.6 is 11.6 Å². The van der Waals surface area contributed by atoms with Crippen molar-refractivity contribution in [3.05, 3.63) is 34.3 Å². The molecule has 1 heterocycles. The van der Waals surface area contributed by atoms with Gasteiger partial charge < -0.3 is 4.74 Å². The lowest BCUT2D eigenvalue weighted by Gasteiger charge is -2.23. The zero-order chi connectivity index (χ0) is 11.4. The third kappa shape index (κ3) is 2.97. The van der Waals surface area contributed by atoms with Crippen molar-refractivity contribution < 1.29 is 4.74 Å². The van der Waals surface area contributed by atoms with Gasteiger partial charge in [0.1, 0.15) is 0 Å². The minimum atomic E-state index is 0.756. The Balaban J connectivity index is 2.02. The monoisotopic (exact) mass is 238 g/mol. The molecule has 1 fully saturated rings. The third-order valence-electron chi connectivity index (χ3n) is 2.55. The molecule has 0 N–H and O–H groups in total. The van der Waals surface area contributed by atoms with E-state index < -0.39 is 0 Å². The van der Waals surface area contributed by atoms with Gasteiger partial charge in [-0.05, 0) is 24.1 Å². The summed E-state index contributed by atoms with van der Waals surface area (Å²) in [6, 6.07) is 5.95. The van der Waals surface area contributed by atoms with Crippen LogP contribution in [0.15, 0.2) is 23.3 Å². The molecule has 3 nitrogen and oxygen atoms in total. The summed E-state index contributed by atoms with van der Waals surface area (Å²) in [6.07, 6.45) is 1.84. The van der Waals surface area contributed by atoms with Gasteiger partial charge in [-0.15, -0.1) is 0 Å². The van der Waals surface area contributed by atoms with Gasteiger partial charge in [-0.3, -0.25) is 5.01 Å². The van der Waals surface area contributed by atoms with Crippen LogP contribution in [0, 0.1) is 6.92 Å². The lowest BCUT2D eigenvalue weighted by Crippen LogP contribution is -2.32. The van der Waals surface area contributed by atoms with Crippen molar-refractivity contribution in [2.75, 3.05) is 26.3 Å². The van der Waals surface area contributed by atoms with Crippen LogP contribution in [0.5, 0.6) is 0 Å². The lowest BCUT2D eigenvalue weighted by molar-refractivity contribution is 0.0397. The van der Waals surface area contributed by atoms with Crippen LogP contribution in [0.4, 0.5) is 0 Å². The standard InChI is InChI=1S/C12H15ClN2O/c1-10-2-3-11(8-12(10)13)9-14-15-4-6-16-7-5-15/h2-3,8-9H,4-7H2,1H3. The van der Waals surface area contributed by atoms with Crippen LogP contribution in [0.1, 0.15) is 11.1 Å². The highest BCUT2D eigenvalue weighted by Gasteiger charge is 2.06. The van der Waals surface area contributed by atoms with Crippen molar-refractivity contribution >= 4 is 17.8 Å². The Morgan fingerprint density at radius 2 is 2.12 bits per heavy atom. The maximum atomic E-state index is 6.04. The summed E-state index contributed by atoms with van der Waals surface area (Å²) in [5.74, 6) is 0. The first-order chi connectivity index (χ1) is 7.75. The maximum Gasteiger partial charge on any atom is 0.0659 e. The van der Waals surface area contributed by atoms with E-state index in [1.54, 1.807) is 0 Å². The van der Waals surface area contributed by atoms with Gasteiger partial charge in [0.25, 0.3) is 0 Å². The van der Waals surface area contributed by atoms with Crippen molar-refractivity contribution in [3.8, 4) is 0 Å². The Bertz CT molecular complexity index is 387. The fourth-order valence-electron chi connectivity index (χ4n) is 1.51. The molecular weight excluding hydrogens is 224 g/mol. The predicted molar refractivity (Wildman–Crippen MR) is 66.2 cm³/mol. The largest absolute Gasteiger partial charge is 0.378 e. The Kier molecular flexibility index (Phi) is 3.80. The van der Waals surface area contributed by atoms with Crippen LogP contribution in [0.3, 0.4) is 0 Å². The molecule has 0 atom stereocenters. The molecule has 1 aromatic carbocycles. The maximum absolute atomic E-state index is 6.04. The first-order valence-electron chi connectivity index (χ1n) is 5.38. The fourth-order valence-corrected chi connectivity index (χ4v) is 1.70. The van der Waals surface area contributed by atoms with Gasteiger partial charge in [-0.2, -0.15) is 5.10 Å². The molecule has 1 saturated heterocycles. The highest BCUT2D eigenvalue weighted by atomic mass is 35.5. The second-order valence-corrected chi connectivity index (χ2v) is 4.23. The summed E-state index contributed by atoms with van der Waals surface area (Å²) < 4.78 is 5.25. The van der Waals surface area contributed by atoms with E-state index >= 15 is 0 Å². The van der Waals surface area contributed by atoms with Crippen LogP contribution in [-0.4, -0.2) is 37.5 Å². The molecule has 0 saturated carbocycles. The Hall–Kier alpha value is -1.06. The van der Waals surface area contributed by atoms with E-state index in [0.717, 1.165) is 42.5 Å². The molecular formula is C12H15ClN2O. The molecule has 4 heteroatoms. The fraction of sp³-hybridized carbons (Fsp3) is 0.417. The molecule has 1 aromatic rings. The second kappa shape index (κ2) is 5.32. The van der Waals surface area contributed by atoms with Gasteiger partial charge in [-0.1, -0.05) is 23.7 Å². The van der Waals surface area contributed by atoms with E-state index in [0.29, 0.717) is 0 Å². The molecule has 0 aromatic heterocycles. The van der Waals surface area contributed by atoms with Crippen molar-refractivity contribution in [1.29, 1.82) is 0 Å². The van der Waals surface area contributed by atoms with E-state index in [4.69, 9.17) is 16.3 Å². The van der Waals surface area contributed by atoms with Crippen molar-refractivity contribution in [1.82, 2.24) is 5.01 Å². The van der Waals surface area contributed by atoms with E-state index in [-0.39, 0.29) is 0 Å². The van der Waals surface area contributed by atoms with E-state index in [1.807, 2.05) is 36.3 Å². The summed E-state index contributed by atoms with van der Waals surface area (Å²) in [6.45, 7) is 5.22. The van der Waals surface area contributed by atoms with Crippen molar-refractivity contribution in [3.63, 3.8) is 0 Å². The molecule has 0 unspecified atom stereocenters. The van der Waals surface area contributed by atoms with Crippen LogP contribution < -0.4 is 0 Å². The first kappa shape index (κ1) is 11.4. The number of ether oxygens (including phenoxy) is 1. The van der Waals surface area contributed by atoms with Crippen molar-refractivity contribution in [2.24, 2.45) is 5.10 Å². The van der Waals surface area contributed by atoms with Crippen LogP contribution in [0.25, 0.3) is 0 Å². The van der Waals surface area contributed by atoms with Gasteiger partial charge in [-0.25, -0.2) is 0 Å². The molecule has 2 rings (SSSR count). The van der Waals surface area contributed by atoms with E-state index in [1.165, 1.54) is 0 Å². The molecule has 0 amide bonds. The highest BCUT2D eigenvalue weighted by Crippen LogP contribution is 2.15. The molecule has 0 radical (unpaired) electrons. The highest BCUT2D eigenvalue weighted by molar-refractivity contribution is 6.31. The third-order valence-corrected chi connectivity index (χ3v) is 2.96. The van der Waals surface area contributed by atoms with Crippen LogP contribution in [0.2, 0.25) is 5.02 Å². The normalized spacial score (nSPS) is 17.0. The zero-order valence-corrected chi connectivity index (χ0v) is 10.1.